The Kier molecular flexibility index (Phi) is 4.85. The molecule has 1 aliphatic rings. The van der Waals surface area contributed by atoms with Crippen LogP contribution >= 0.6 is 0 Å². The lowest BCUT2D eigenvalue weighted by Crippen LogP contribution is -2.26. The summed E-state index contributed by atoms with van der Waals surface area (Å²) in [5, 5.41) is 10.4. The van der Waals surface area contributed by atoms with Gasteiger partial charge in [-0.1, -0.05) is 54.6 Å². The standard InChI is InChI=1S/C26H18N2O4/c27-14-20-22(17-9-6-10-18(13-17)30-15-16-7-2-1-3-8-16)23-24(32-25(20)28)19-11-4-5-12-21(19)31-26(23)29/h1-13,22H,15,28H2/t22-/m1/s1. The number of nitriles is 1. The molecule has 0 radical (unpaired) electrons. The second-order valence-electron chi connectivity index (χ2n) is 7.40. The Labute approximate surface area is 183 Å². The van der Waals surface area contributed by atoms with Crippen molar-refractivity contribution in [1.29, 1.82) is 5.26 Å². The predicted octanol–water partition coefficient (Wildman–Crippen LogP) is 4.59. The molecule has 0 aliphatic carbocycles. The number of rotatable bonds is 4. The van der Waals surface area contributed by atoms with Gasteiger partial charge in [-0.2, -0.15) is 5.26 Å². The maximum absolute atomic E-state index is 13.0. The lowest BCUT2D eigenvalue weighted by Gasteiger charge is -2.26. The Bertz CT molecular complexity index is 1450. The Morgan fingerprint density at radius 3 is 2.59 bits per heavy atom. The average Bonchev–Trinajstić information content (AvgIpc) is 2.83. The maximum atomic E-state index is 13.0. The lowest BCUT2D eigenvalue weighted by atomic mass is 9.84. The second kappa shape index (κ2) is 7.97. The van der Waals surface area contributed by atoms with Gasteiger partial charge in [0.05, 0.1) is 16.9 Å². The number of benzene rings is 3. The van der Waals surface area contributed by atoms with Gasteiger partial charge in [-0.3, -0.25) is 0 Å². The molecule has 0 unspecified atom stereocenters. The van der Waals surface area contributed by atoms with Crippen LogP contribution in [-0.2, 0) is 6.61 Å². The largest absolute Gasteiger partial charge is 0.489 e. The molecule has 0 fully saturated rings. The van der Waals surface area contributed by atoms with E-state index in [1.807, 2.05) is 60.7 Å². The number of hydrogen-bond acceptors (Lipinski definition) is 6. The molecule has 32 heavy (non-hydrogen) atoms. The SMILES string of the molecule is N#CC1=C(N)Oc2c(c(=O)oc3ccccc23)[C@@H]1c1cccc(OCc2ccccc2)c1. The first-order chi connectivity index (χ1) is 15.7. The molecule has 4 aromatic rings. The zero-order valence-corrected chi connectivity index (χ0v) is 16.9. The fraction of sp³-hybridized carbons (Fsp3) is 0.0769. The summed E-state index contributed by atoms with van der Waals surface area (Å²) >= 11 is 0. The highest BCUT2D eigenvalue weighted by Gasteiger charge is 2.35. The first kappa shape index (κ1) is 19.5. The van der Waals surface area contributed by atoms with E-state index in [9.17, 15) is 10.1 Å². The Morgan fingerprint density at radius 1 is 1.00 bits per heavy atom. The topological polar surface area (TPSA) is 98.5 Å². The lowest BCUT2D eigenvalue weighted by molar-refractivity contribution is 0.306. The van der Waals surface area contributed by atoms with Crippen molar-refractivity contribution in [3.05, 3.63) is 117 Å². The van der Waals surface area contributed by atoms with Gasteiger partial charge in [-0.25, -0.2) is 4.79 Å². The van der Waals surface area contributed by atoms with E-state index in [1.165, 1.54) is 0 Å². The molecular weight excluding hydrogens is 404 g/mol. The van der Waals surface area contributed by atoms with E-state index in [0.29, 0.717) is 34.6 Å². The molecule has 2 heterocycles. The molecule has 0 bridgehead atoms. The molecule has 0 saturated carbocycles. The Morgan fingerprint density at radius 2 is 1.78 bits per heavy atom. The monoisotopic (exact) mass is 422 g/mol. The molecule has 6 heteroatoms. The summed E-state index contributed by atoms with van der Waals surface area (Å²) in [6, 6.07) is 26.3. The Hall–Kier alpha value is -4.50. The summed E-state index contributed by atoms with van der Waals surface area (Å²) in [6.07, 6.45) is 0. The highest BCUT2D eigenvalue weighted by molar-refractivity contribution is 5.86. The first-order valence-corrected chi connectivity index (χ1v) is 10.1. The molecule has 0 amide bonds. The van der Waals surface area contributed by atoms with Gasteiger partial charge in [-0.15, -0.1) is 0 Å². The van der Waals surface area contributed by atoms with E-state index in [-0.39, 0.29) is 17.0 Å². The molecule has 1 atom stereocenters. The maximum Gasteiger partial charge on any atom is 0.344 e. The van der Waals surface area contributed by atoms with Crippen molar-refractivity contribution in [3.8, 4) is 17.6 Å². The molecule has 5 rings (SSSR count). The van der Waals surface area contributed by atoms with Crippen molar-refractivity contribution in [2.24, 2.45) is 5.73 Å². The van der Waals surface area contributed by atoms with Crippen molar-refractivity contribution in [3.63, 3.8) is 0 Å². The molecule has 3 aromatic carbocycles. The van der Waals surface area contributed by atoms with Gasteiger partial charge in [0.25, 0.3) is 0 Å². The average molecular weight is 422 g/mol. The number of nitrogens with zero attached hydrogens (tertiary/aromatic N) is 1. The van der Waals surface area contributed by atoms with Gasteiger partial charge in [-0.05, 0) is 35.4 Å². The fourth-order valence-electron chi connectivity index (χ4n) is 3.92. The van der Waals surface area contributed by atoms with E-state index < -0.39 is 11.5 Å². The minimum atomic E-state index is -0.732. The van der Waals surface area contributed by atoms with Crippen molar-refractivity contribution in [2.45, 2.75) is 12.5 Å². The molecule has 2 N–H and O–H groups in total. The van der Waals surface area contributed by atoms with E-state index in [1.54, 1.807) is 18.2 Å². The van der Waals surface area contributed by atoms with E-state index >= 15 is 0 Å². The number of fused-ring (bicyclic) bond motifs is 3. The third-order valence-electron chi connectivity index (χ3n) is 5.41. The summed E-state index contributed by atoms with van der Waals surface area (Å²) in [4.78, 5) is 13.0. The van der Waals surface area contributed by atoms with Gasteiger partial charge in [0.1, 0.15) is 29.6 Å². The van der Waals surface area contributed by atoms with Crippen LogP contribution < -0.4 is 20.8 Å². The van der Waals surface area contributed by atoms with Crippen LogP contribution in [0.15, 0.2) is 99.5 Å². The molecule has 0 saturated heterocycles. The summed E-state index contributed by atoms with van der Waals surface area (Å²) in [5.74, 6) is 0.163. The zero-order valence-electron chi connectivity index (χ0n) is 16.9. The van der Waals surface area contributed by atoms with Crippen LogP contribution in [0.25, 0.3) is 11.0 Å². The fourth-order valence-corrected chi connectivity index (χ4v) is 3.92. The summed E-state index contributed by atoms with van der Waals surface area (Å²) in [7, 11) is 0. The van der Waals surface area contributed by atoms with Crippen LogP contribution in [0.1, 0.15) is 22.6 Å². The number of hydrogen-bond donors (Lipinski definition) is 1. The summed E-state index contributed by atoms with van der Waals surface area (Å²) in [6.45, 7) is 0.393. The molecular formula is C26H18N2O4. The van der Waals surface area contributed by atoms with Crippen LogP contribution in [-0.4, -0.2) is 0 Å². The normalized spacial score (nSPS) is 15.0. The van der Waals surface area contributed by atoms with Crippen molar-refractivity contribution < 1.29 is 13.9 Å². The van der Waals surface area contributed by atoms with Crippen molar-refractivity contribution >= 4 is 11.0 Å². The first-order valence-electron chi connectivity index (χ1n) is 10.1. The second-order valence-corrected chi connectivity index (χ2v) is 7.40. The minimum Gasteiger partial charge on any atom is -0.489 e. The van der Waals surface area contributed by atoms with Crippen LogP contribution in [0.4, 0.5) is 0 Å². The molecule has 0 spiro atoms. The summed E-state index contributed by atoms with van der Waals surface area (Å²) in [5.41, 5.74) is 8.05. The van der Waals surface area contributed by atoms with Crippen molar-refractivity contribution in [2.75, 3.05) is 0 Å². The van der Waals surface area contributed by atoms with Crippen LogP contribution in [0.3, 0.4) is 0 Å². The molecule has 156 valence electrons. The number of para-hydroxylation sites is 1. The van der Waals surface area contributed by atoms with Gasteiger partial charge in [0.15, 0.2) is 5.75 Å². The van der Waals surface area contributed by atoms with Gasteiger partial charge in [0, 0.05) is 0 Å². The zero-order chi connectivity index (χ0) is 22.1. The quantitative estimate of drug-likeness (QED) is 0.483. The number of nitrogens with two attached hydrogens (primary N) is 1. The van der Waals surface area contributed by atoms with Crippen molar-refractivity contribution in [1.82, 2.24) is 0 Å². The molecule has 1 aromatic heterocycles. The van der Waals surface area contributed by atoms with Gasteiger partial charge in [0.2, 0.25) is 5.88 Å². The van der Waals surface area contributed by atoms with E-state index in [0.717, 1.165) is 5.56 Å². The molecule has 1 aliphatic heterocycles. The number of ether oxygens (including phenoxy) is 2. The third kappa shape index (κ3) is 3.36. The van der Waals surface area contributed by atoms with E-state index in [2.05, 4.69) is 6.07 Å². The van der Waals surface area contributed by atoms with Crippen LogP contribution in [0, 0.1) is 11.3 Å². The highest BCUT2D eigenvalue weighted by Crippen LogP contribution is 2.43. The smallest absolute Gasteiger partial charge is 0.344 e. The highest BCUT2D eigenvalue weighted by atomic mass is 16.5. The molecule has 6 nitrogen and oxygen atoms in total. The predicted molar refractivity (Wildman–Crippen MR) is 119 cm³/mol. The van der Waals surface area contributed by atoms with E-state index in [4.69, 9.17) is 19.6 Å². The van der Waals surface area contributed by atoms with Gasteiger partial charge >= 0.3 is 5.63 Å². The van der Waals surface area contributed by atoms with Crippen LogP contribution in [0.2, 0.25) is 0 Å². The number of allylic oxidation sites excluding steroid dienone is 1. The van der Waals surface area contributed by atoms with Crippen LogP contribution in [0.5, 0.6) is 11.5 Å². The third-order valence-corrected chi connectivity index (χ3v) is 5.41. The minimum absolute atomic E-state index is 0.0311. The summed E-state index contributed by atoms with van der Waals surface area (Å²) < 4.78 is 17.2. The van der Waals surface area contributed by atoms with Gasteiger partial charge < -0.3 is 19.6 Å². The Balaban J connectivity index is 1.61.